The molecule has 1 atom stereocenters. The highest BCUT2D eigenvalue weighted by Crippen LogP contribution is 2.26. The van der Waals surface area contributed by atoms with E-state index in [2.05, 4.69) is 5.32 Å². The van der Waals surface area contributed by atoms with E-state index < -0.39 is 0 Å². The topological polar surface area (TPSA) is 69.7 Å². The summed E-state index contributed by atoms with van der Waals surface area (Å²) >= 11 is 0. The van der Waals surface area contributed by atoms with E-state index >= 15 is 0 Å². The highest BCUT2D eigenvalue weighted by atomic mass is 16.2. The second-order valence-corrected chi connectivity index (χ2v) is 5.32. The fourth-order valence-corrected chi connectivity index (χ4v) is 2.82. The van der Waals surface area contributed by atoms with Gasteiger partial charge in [-0.2, -0.15) is 0 Å². The van der Waals surface area contributed by atoms with Crippen LogP contribution in [0.4, 0.5) is 4.79 Å². The number of nitrogens with zero attached hydrogens (tertiary/aromatic N) is 2. The number of hydrogen-bond acceptors (Lipinski definition) is 3. The first-order valence-electron chi connectivity index (χ1n) is 7.09. The zero-order valence-corrected chi connectivity index (χ0v) is 11.6. The minimum atomic E-state index is -0.348. The van der Waals surface area contributed by atoms with Crippen molar-refractivity contribution in [2.45, 2.75) is 25.4 Å². The van der Waals surface area contributed by atoms with Gasteiger partial charge in [0.05, 0.1) is 0 Å². The number of hydrogen-bond donors (Lipinski definition) is 1. The number of amides is 4. The van der Waals surface area contributed by atoms with Gasteiger partial charge in [0.25, 0.3) is 5.91 Å². The van der Waals surface area contributed by atoms with Crippen LogP contribution in [0.1, 0.15) is 18.4 Å². The predicted octanol–water partition coefficient (Wildman–Crippen LogP) is 0.729. The van der Waals surface area contributed by atoms with Gasteiger partial charge < -0.3 is 10.2 Å². The van der Waals surface area contributed by atoms with Crippen molar-refractivity contribution in [2.24, 2.45) is 0 Å². The van der Waals surface area contributed by atoms with Gasteiger partial charge >= 0.3 is 6.03 Å². The van der Waals surface area contributed by atoms with E-state index in [0.717, 1.165) is 16.9 Å². The molecular weight excluding hydrogens is 270 g/mol. The summed E-state index contributed by atoms with van der Waals surface area (Å²) in [5.41, 5.74) is 0.977. The summed E-state index contributed by atoms with van der Waals surface area (Å²) in [6, 6.07) is 8.81. The van der Waals surface area contributed by atoms with Crippen molar-refractivity contribution in [3.8, 4) is 0 Å². The number of nitrogens with one attached hydrogen (secondary N) is 1. The van der Waals surface area contributed by atoms with Crippen LogP contribution in [-0.4, -0.2) is 46.8 Å². The van der Waals surface area contributed by atoms with Gasteiger partial charge in [-0.3, -0.25) is 14.5 Å². The number of imide groups is 1. The fraction of sp³-hybridized carbons (Fsp3) is 0.400. The number of benzene rings is 1. The third-order valence-corrected chi connectivity index (χ3v) is 3.91. The normalized spacial score (nSPS) is 20.9. The molecule has 4 amide bonds. The molecule has 0 aliphatic carbocycles. The number of carbonyl (C=O) groups excluding carboxylic acids is 3. The van der Waals surface area contributed by atoms with Crippen molar-refractivity contribution in [3.63, 3.8) is 0 Å². The van der Waals surface area contributed by atoms with Crippen LogP contribution >= 0.6 is 0 Å². The van der Waals surface area contributed by atoms with Crippen LogP contribution < -0.4 is 5.32 Å². The Labute approximate surface area is 122 Å². The van der Waals surface area contributed by atoms with E-state index in [-0.39, 0.29) is 30.4 Å². The molecule has 6 heteroatoms. The molecule has 2 heterocycles. The predicted molar refractivity (Wildman–Crippen MR) is 75.1 cm³/mol. The quantitative estimate of drug-likeness (QED) is 0.830. The average molecular weight is 287 g/mol. The van der Waals surface area contributed by atoms with Crippen molar-refractivity contribution >= 4 is 17.8 Å². The van der Waals surface area contributed by atoms with Crippen LogP contribution in [0.25, 0.3) is 0 Å². The van der Waals surface area contributed by atoms with Crippen LogP contribution in [-0.2, 0) is 16.1 Å². The Morgan fingerprint density at radius 1 is 1.24 bits per heavy atom. The highest BCUT2D eigenvalue weighted by molar-refractivity contribution is 6.06. The second-order valence-electron chi connectivity index (χ2n) is 5.32. The Balaban J connectivity index is 1.55. The summed E-state index contributed by atoms with van der Waals surface area (Å²) in [5.74, 6) is -0.561. The van der Waals surface area contributed by atoms with Gasteiger partial charge in [0.1, 0.15) is 12.6 Å². The van der Waals surface area contributed by atoms with Gasteiger partial charge in [-0.15, -0.1) is 0 Å². The van der Waals surface area contributed by atoms with Gasteiger partial charge in [0.2, 0.25) is 5.91 Å². The van der Waals surface area contributed by atoms with E-state index in [4.69, 9.17) is 0 Å². The lowest BCUT2D eigenvalue weighted by molar-refractivity contribution is -0.132. The molecule has 2 aliphatic heterocycles. The number of rotatable bonds is 4. The largest absolute Gasteiger partial charge is 0.350 e. The monoisotopic (exact) mass is 287 g/mol. The van der Waals surface area contributed by atoms with E-state index in [1.165, 1.54) is 0 Å². The maximum Gasteiger partial charge on any atom is 0.327 e. The summed E-state index contributed by atoms with van der Waals surface area (Å²) in [5, 5.41) is 2.73. The summed E-state index contributed by atoms with van der Waals surface area (Å²) < 4.78 is 0. The van der Waals surface area contributed by atoms with Gasteiger partial charge in [-0.05, 0) is 18.4 Å². The van der Waals surface area contributed by atoms with Crippen LogP contribution in [0.2, 0.25) is 0 Å². The number of fused-ring (bicyclic) bond motifs is 1. The Bertz CT molecular complexity index is 551. The van der Waals surface area contributed by atoms with Crippen LogP contribution in [0.15, 0.2) is 30.3 Å². The smallest absolute Gasteiger partial charge is 0.327 e. The molecule has 0 radical (unpaired) electrons. The maximum atomic E-state index is 12.1. The summed E-state index contributed by atoms with van der Waals surface area (Å²) in [6.07, 6.45) is 1.56. The Morgan fingerprint density at radius 2 is 2.00 bits per heavy atom. The first-order valence-corrected chi connectivity index (χ1v) is 7.09. The van der Waals surface area contributed by atoms with E-state index in [9.17, 15) is 14.4 Å². The summed E-state index contributed by atoms with van der Waals surface area (Å²) in [4.78, 5) is 38.7. The molecule has 0 spiro atoms. The zero-order chi connectivity index (χ0) is 14.8. The third kappa shape index (κ3) is 2.61. The van der Waals surface area contributed by atoms with Gasteiger partial charge in [0.15, 0.2) is 0 Å². The maximum absolute atomic E-state index is 12.1. The zero-order valence-electron chi connectivity index (χ0n) is 11.6. The van der Waals surface area contributed by atoms with Crippen molar-refractivity contribution in [2.75, 3.05) is 13.1 Å². The van der Waals surface area contributed by atoms with Crippen LogP contribution in [0.5, 0.6) is 0 Å². The lowest BCUT2D eigenvalue weighted by atomic mass is 10.2. The first kappa shape index (κ1) is 13.6. The Kier molecular flexibility index (Phi) is 3.60. The molecule has 2 fully saturated rings. The van der Waals surface area contributed by atoms with Crippen LogP contribution in [0.3, 0.4) is 0 Å². The second kappa shape index (κ2) is 5.55. The average Bonchev–Trinajstić information content (AvgIpc) is 3.06. The molecule has 3 rings (SSSR count). The van der Waals surface area contributed by atoms with Crippen molar-refractivity contribution in [3.05, 3.63) is 35.9 Å². The molecular formula is C15H17N3O3. The molecule has 0 saturated carbocycles. The van der Waals surface area contributed by atoms with E-state index in [0.29, 0.717) is 19.5 Å². The fourth-order valence-electron chi connectivity index (χ4n) is 2.82. The first-order chi connectivity index (χ1) is 10.2. The summed E-state index contributed by atoms with van der Waals surface area (Å²) in [7, 11) is 0. The molecule has 6 nitrogen and oxygen atoms in total. The molecule has 2 saturated heterocycles. The number of carbonyl (C=O) groups is 3. The van der Waals surface area contributed by atoms with Gasteiger partial charge in [-0.1, -0.05) is 30.3 Å². The van der Waals surface area contributed by atoms with E-state index in [1.54, 1.807) is 4.90 Å². The molecule has 1 N–H and O–H groups in total. The minimum absolute atomic E-state index is 0.197. The Hall–Kier alpha value is -2.37. The molecule has 0 bridgehead atoms. The molecule has 0 unspecified atom stereocenters. The molecule has 1 aromatic rings. The number of urea groups is 1. The van der Waals surface area contributed by atoms with Crippen molar-refractivity contribution in [1.29, 1.82) is 0 Å². The van der Waals surface area contributed by atoms with Crippen molar-refractivity contribution < 1.29 is 14.4 Å². The van der Waals surface area contributed by atoms with Gasteiger partial charge in [0, 0.05) is 13.1 Å². The highest BCUT2D eigenvalue weighted by Gasteiger charge is 2.47. The summed E-state index contributed by atoms with van der Waals surface area (Å²) in [6.45, 7) is 0.803. The molecule has 21 heavy (non-hydrogen) atoms. The van der Waals surface area contributed by atoms with E-state index in [1.807, 2.05) is 30.3 Å². The molecule has 110 valence electrons. The third-order valence-electron chi connectivity index (χ3n) is 3.91. The van der Waals surface area contributed by atoms with Crippen molar-refractivity contribution in [1.82, 2.24) is 15.1 Å². The van der Waals surface area contributed by atoms with Gasteiger partial charge in [-0.25, -0.2) is 4.79 Å². The lowest BCUT2D eigenvalue weighted by Crippen LogP contribution is -2.41. The molecule has 2 aliphatic rings. The minimum Gasteiger partial charge on any atom is -0.350 e. The SMILES string of the molecule is O=C(CN1C(=O)[C@H]2CCCN2C1=O)NCc1ccccc1. The molecule has 0 aromatic heterocycles. The Morgan fingerprint density at radius 3 is 2.71 bits per heavy atom. The standard InChI is InChI=1S/C15H17N3O3/c19-13(16-9-11-5-2-1-3-6-11)10-18-14(20)12-7-4-8-17(12)15(18)21/h1-3,5-6,12H,4,7-10H2,(H,16,19)/t12-/m1/s1. The lowest BCUT2D eigenvalue weighted by Gasteiger charge is -2.15. The molecule has 1 aromatic carbocycles. The van der Waals surface area contributed by atoms with Crippen LogP contribution in [0, 0.1) is 0 Å².